The number of hydrogen-bond donors (Lipinski definition) is 1. The summed E-state index contributed by atoms with van der Waals surface area (Å²) in [6, 6.07) is 14.3. The molecule has 1 N–H and O–H groups in total. The lowest BCUT2D eigenvalue weighted by Crippen LogP contribution is -2.47. The summed E-state index contributed by atoms with van der Waals surface area (Å²) < 4.78 is 32.9. The van der Waals surface area contributed by atoms with Crippen LogP contribution in [0.3, 0.4) is 0 Å². The van der Waals surface area contributed by atoms with Gasteiger partial charge in [-0.1, -0.05) is 54.0 Å². The number of carbonyl (C=O) groups is 1. The molecule has 0 bridgehead atoms. The van der Waals surface area contributed by atoms with Crippen molar-refractivity contribution in [3.8, 4) is 5.75 Å². The summed E-state index contributed by atoms with van der Waals surface area (Å²) in [5, 5.41) is 3.05. The van der Waals surface area contributed by atoms with Gasteiger partial charge in [0.2, 0.25) is 15.9 Å². The van der Waals surface area contributed by atoms with Crippen LogP contribution in [0.5, 0.6) is 5.75 Å². The largest absolute Gasteiger partial charge is 0.487 e. The minimum Gasteiger partial charge on any atom is -0.487 e. The van der Waals surface area contributed by atoms with Crippen molar-refractivity contribution in [3.05, 3.63) is 58.6 Å². The highest BCUT2D eigenvalue weighted by Gasteiger charge is 2.39. The molecule has 1 amide bonds. The highest BCUT2D eigenvalue weighted by atomic mass is 79.9. The predicted octanol–water partition coefficient (Wildman–Crippen LogP) is 4.41. The minimum absolute atomic E-state index is 0.244. The smallest absolute Gasteiger partial charge is 0.241 e. The Hall–Kier alpha value is -2.06. The zero-order valence-electron chi connectivity index (χ0n) is 17.4. The topological polar surface area (TPSA) is 75.7 Å². The Morgan fingerprint density at radius 1 is 1.20 bits per heavy atom. The molecular formula is C22H27BrN2O4S. The lowest BCUT2D eigenvalue weighted by Gasteiger charge is -2.41. The number of nitrogens with zero attached hydrogens (tertiary/aromatic N) is 1. The van der Waals surface area contributed by atoms with Crippen LogP contribution in [0.1, 0.15) is 44.7 Å². The average molecular weight is 495 g/mol. The zero-order chi connectivity index (χ0) is 21.9. The maximum absolute atomic E-state index is 13.0. The number of sulfonamides is 1. The molecule has 2 aromatic rings. The third kappa shape index (κ3) is 4.98. The third-order valence-electron chi connectivity index (χ3n) is 5.60. The average Bonchev–Trinajstić information content (AvgIpc) is 2.71. The molecule has 0 unspecified atom stereocenters. The van der Waals surface area contributed by atoms with Gasteiger partial charge >= 0.3 is 0 Å². The lowest BCUT2D eigenvalue weighted by atomic mass is 9.83. The monoisotopic (exact) mass is 494 g/mol. The minimum atomic E-state index is -3.64. The van der Waals surface area contributed by atoms with Gasteiger partial charge in [-0.25, -0.2) is 8.42 Å². The van der Waals surface area contributed by atoms with E-state index in [4.69, 9.17) is 4.74 Å². The van der Waals surface area contributed by atoms with E-state index >= 15 is 0 Å². The number of hydrogen-bond acceptors (Lipinski definition) is 4. The fraction of sp³-hybridized carbons (Fsp3) is 0.409. The first-order valence-corrected chi connectivity index (χ1v) is 12.6. The first-order valence-electron chi connectivity index (χ1n) is 9.98. The molecule has 0 aromatic heterocycles. The van der Waals surface area contributed by atoms with Crippen molar-refractivity contribution < 1.29 is 17.9 Å². The van der Waals surface area contributed by atoms with Gasteiger partial charge in [-0.3, -0.25) is 9.10 Å². The molecule has 0 aliphatic carbocycles. The van der Waals surface area contributed by atoms with E-state index in [2.05, 4.69) is 35.1 Å². The third-order valence-corrected chi connectivity index (χ3v) is 7.24. The number of halogens is 1. The van der Waals surface area contributed by atoms with Gasteiger partial charge < -0.3 is 10.1 Å². The predicted molar refractivity (Wildman–Crippen MR) is 122 cm³/mol. The summed E-state index contributed by atoms with van der Waals surface area (Å²) in [7, 11) is -3.64. The fourth-order valence-electron chi connectivity index (χ4n) is 3.83. The molecule has 1 atom stereocenters. The normalized spacial score (nSPS) is 17.5. The van der Waals surface area contributed by atoms with Crippen LogP contribution in [0, 0.1) is 0 Å². The second-order valence-electron chi connectivity index (χ2n) is 7.60. The van der Waals surface area contributed by atoms with Gasteiger partial charge in [0, 0.05) is 16.5 Å². The van der Waals surface area contributed by atoms with E-state index in [0.717, 1.165) is 39.2 Å². The van der Waals surface area contributed by atoms with Crippen molar-refractivity contribution in [1.82, 2.24) is 5.32 Å². The zero-order valence-corrected chi connectivity index (χ0v) is 19.8. The van der Waals surface area contributed by atoms with Gasteiger partial charge in [0.25, 0.3) is 0 Å². The van der Waals surface area contributed by atoms with E-state index in [1.165, 1.54) is 0 Å². The summed E-state index contributed by atoms with van der Waals surface area (Å²) >= 11 is 3.35. The van der Waals surface area contributed by atoms with Gasteiger partial charge in [0.1, 0.15) is 17.9 Å². The molecule has 0 saturated heterocycles. The molecule has 1 aliphatic heterocycles. The number of benzene rings is 2. The molecule has 2 aromatic carbocycles. The number of anilines is 1. The van der Waals surface area contributed by atoms with E-state index in [1.807, 2.05) is 24.3 Å². The summed E-state index contributed by atoms with van der Waals surface area (Å²) in [5.74, 6) is 0.410. The van der Waals surface area contributed by atoms with Gasteiger partial charge in [-0.2, -0.15) is 0 Å². The fourth-order valence-corrected chi connectivity index (χ4v) is 5.07. The van der Waals surface area contributed by atoms with E-state index in [9.17, 15) is 13.2 Å². The summed E-state index contributed by atoms with van der Waals surface area (Å²) in [6.45, 7) is 3.87. The van der Waals surface area contributed by atoms with Crippen LogP contribution in [-0.4, -0.2) is 32.7 Å². The molecule has 6 nitrogen and oxygen atoms in total. The molecule has 0 spiro atoms. The van der Waals surface area contributed by atoms with Crippen LogP contribution >= 0.6 is 15.9 Å². The van der Waals surface area contributed by atoms with E-state index in [1.54, 1.807) is 24.3 Å². The first kappa shape index (κ1) is 22.6. The molecular weight excluding hydrogens is 468 g/mol. The summed E-state index contributed by atoms with van der Waals surface area (Å²) in [6.07, 6.45) is 3.37. The van der Waals surface area contributed by atoms with E-state index in [0.29, 0.717) is 12.1 Å². The Balaban J connectivity index is 1.85. The summed E-state index contributed by atoms with van der Waals surface area (Å²) in [4.78, 5) is 13.0. The Morgan fingerprint density at radius 2 is 1.90 bits per heavy atom. The van der Waals surface area contributed by atoms with Crippen LogP contribution in [-0.2, 0) is 14.8 Å². The van der Waals surface area contributed by atoms with Crippen molar-refractivity contribution in [2.45, 2.75) is 44.8 Å². The Kier molecular flexibility index (Phi) is 6.77. The highest BCUT2D eigenvalue weighted by Crippen LogP contribution is 2.42. The van der Waals surface area contributed by atoms with Crippen LogP contribution < -0.4 is 14.4 Å². The molecule has 8 heteroatoms. The number of rotatable bonds is 7. The molecule has 1 aliphatic rings. The number of carbonyl (C=O) groups excluding carboxylic acids is 1. The Morgan fingerprint density at radius 3 is 2.53 bits per heavy atom. The first-order chi connectivity index (χ1) is 14.2. The number of para-hydroxylation sites is 1. The van der Waals surface area contributed by atoms with Gasteiger partial charge in [-0.05, 0) is 37.1 Å². The van der Waals surface area contributed by atoms with Crippen LogP contribution in [0.25, 0.3) is 0 Å². The lowest BCUT2D eigenvalue weighted by molar-refractivity contribution is -0.121. The quantitative estimate of drug-likeness (QED) is 0.618. The van der Waals surface area contributed by atoms with Crippen LogP contribution in [0.15, 0.2) is 53.0 Å². The van der Waals surface area contributed by atoms with Gasteiger partial charge in [-0.15, -0.1) is 0 Å². The molecule has 0 fully saturated rings. The second kappa shape index (κ2) is 8.98. The van der Waals surface area contributed by atoms with E-state index in [-0.39, 0.29) is 24.1 Å². The molecule has 0 saturated carbocycles. The summed E-state index contributed by atoms with van der Waals surface area (Å²) in [5.41, 5.74) is 0.996. The van der Waals surface area contributed by atoms with Crippen molar-refractivity contribution in [3.63, 3.8) is 0 Å². The standard InChI is InChI=1S/C22H27BrN2O4S/c1-4-22(5-2)14-19(18-11-6-7-12-20(18)29-22)24-21(26)15-25(30(3,27)28)17-10-8-9-16(23)13-17/h6-13,19H,4-5,14-15H2,1-3H3,(H,24,26)/t19-/m1/s1. The second-order valence-corrected chi connectivity index (χ2v) is 10.4. The number of fused-ring (bicyclic) bond motifs is 1. The molecule has 30 heavy (non-hydrogen) atoms. The van der Waals surface area contributed by atoms with Crippen molar-refractivity contribution in [2.75, 3.05) is 17.1 Å². The Bertz CT molecular complexity index is 1020. The highest BCUT2D eigenvalue weighted by molar-refractivity contribution is 9.10. The molecule has 1 heterocycles. The van der Waals surface area contributed by atoms with Gasteiger partial charge in [0.15, 0.2) is 0 Å². The van der Waals surface area contributed by atoms with Crippen molar-refractivity contribution >= 4 is 37.5 Å². The molecule has 162 valence electrons. The SMILES string of the molecule is CCC1(CC)C[C@@H](NC(=O)CN(c2cccc(Br)c2)S(C)(=O)=O)c2ccccc2O1. The maximum atomic E-state index is 13.0. The van der Waals surface area contributed by atoms with Gasteiger partial charge in [0.05, 0.1) is 18.0 Å². The van der Waals surface area contributed by atoms with E-state index < -0.39 is 10.0 Å². The molecule has 0 radical (unpaired) electrons. The van der Waals surface area contributed by atoms with Crippen molar-refractivity contribution in [2.24, 2.45) is 0 Å². The van der Waals surface area contributed by atoms with Crippen LogP contribution in [0.2, 0.25) is 0 Å². The number of nitrogens with one attached hydrogen (secondary N) is 1. The maximum Gasteiger partial charge on any atom is 0.241 e. The Labute approximate surface area is 186 Å². The number of ether oxygens (including phenoxy) is 1. The van der Waals surface area contributed by atoms with Crippen LogP contribution in [0.4, 0.5) is 5.69 Å². The number of amides is 1. The molecule has 3 rings (SSSR count). The van der Waals surface area contributed by atoms with Crippen molar-refractivity contribution in [1.29, 1.82) is 0 Å².